The summed E-state index contributed by atoms with van der Waals surface area (Å²) in [5.41, 5.74) is 7.09. The Morgan fingerprint density at radius 1 is 1.39 bits per heavy atom. The summed E-state index contributed by atoms with van der Waals surface area (Å²) in [4.78, 5) is 0. The Labute approximate surface area is 103 Å². The number of aryl methyl sites for hydroxylation is 2. The molecular formula is C12H14F2N4. The molecule has 0 unspecified atom stereocenters. The first-order chi connectivity index (χ1) is 8.52. The van der Waals surface area contributed by atoms with Gasteiger partial charge in [-0.2, -0.15) is 5.10 Å². The smallest absolute Gasteiger partial charge is 0.152 e. The molecule has 0 aliphatic carbocycles. The van der Waals surface area contributed by atoms with E-state index >= 15 is 0 Å². The SMILES string of the molecule is CCc1nn(C)c(Nc2cc(F)ccc2F)c1N. The van der Waals surface area contributed by atoms with Gasteiger partial charge in [0, 0.05) is 13.1 Å². The monoisotopic (exact) mass is 252 g/mol. The third-order valence-electron chi connectivity index (χ3n) is 2.68. The van der Waals surface area contributed by atoms with Crippen LogP contribution in [0.1, 0.15) is 12.6 Å². The third kappa shape index (κ3) is 2.13. The number of halogens is 2. The number of benzene rings is 1. The van der Waals surface area contributed by atoms with Crippen LogP contribution in [0.25, 0.3) is 0 Å². The van der Waals surface area contributed by atoms with E-state index in [9.17, 15) is 8.78 Å². The number of nitrogen functional groups attached to an aromatic ring is 1. The van der Waals surface area contributed by atoms with Gasteiger partial charge in [0.1, 0.15) is 11.6 Å². The van der Waals surface area contributed by atoms with E-state index in [0.717, 1.165) is 23.9 Å². The van der Waals surface area contributed by atoms with E-state index in [0.29, 0.717) is 17.9 Å². The fourth-order valence-corrected chi connectivity index (χ4v) is 1.73. The summed E-state index contributed by atoms with van der Waals surface area (Å²) < 4.78 is 28.1. The highest BCUT2D eigenvalue weighted by molar-refractivity contribution is 5.71. The van der Waals surface area contributed by atoms with Crippen LogP contribution in [0.5, 0.6) is 0 Å². The first-order valence-electron chi connectivity index (χ1n) is 5.56. The van der Waals surface area contributed by atoms with Crippen molar-refractivity contribution in [1.82, 2.24) is 9.78 Å². The normalized spacial score (nSPS) is 10.7. The molecule has 0 bridgehead atoms. The topological polar surface area (TPSA) is 55.9 Å². The number of nitrogens with one attached hydrogen (secondary N) is 1. The molecule has 0 radical (unpaired) electrons. The van der Waals surface area contributed by atoms with E-state index in [4.69, 9.17) is 5.73 Å². The quantitative estimate of drug-likeness (QED) is 0.882. The van der Waals surface area contributed by atoms with Gasteiger partial charge in [0.15, 0.2) is 5.82 Å². The van der Waals surface area contributed by atoms with E-state index in [1.165, 1.54) is 4.68 Å². The molecule has 0 saturated carbocycles. The van der Waals surface area contributed by atoms with E-state index in [-0.39, 0.29) is 5.69 Å². The Balaban J connectivity index is 2.39. The summed E-state index contributed by atoms with van der Waals surface area (Å²) in [6.45, 7) is 1.92. The van der Waals surface area contributed by atoms with Gasteiger partial charge in [0.05, 0.1) is 17.1 Å². The van der Waals surface area contributed by atoms with Crippen molar-refractivity contribution in [2.75, 3.05) is 11.1 Å². The van der Waals surface area contributed by atoms with Crippen molar-refractivity contribution < 1.29 is 8.78 Å². The minimum atomic E-state index is -0.546. The van der Waals surface area contributed by atoms with Crippen molar-refractivity contribution >= 4 is 17.2 Å². The second kappa shape index (κ2) is 4.64. The minimum Gasteiger partial charge on any atom is -0.394 e. The molecule has 0 saturated heterocycles. The van der Waals surface area contributed by atoms with Gasteiger partial charge in [-0.25, -0.2) is 8.78 Å². The second-order valence-electron chi connectivity index (χ2n) is 3.94. The summed E-state index contributed by atoms with van der Waals surface area (Å²) in [5, 5.41) is 6.95. The van der Waals surface area contributed by atoms with Crippen molar-refractivity contribution in [3.63, 3.8) is 0 Å². The highest BCUT2D eigenvalue weighted by atomic mass is 19.1. The number of rotatable bonds is 3. The molecular weight excluding hydrogens is 238 g/mol. The van der Waals surface area contributed by atoms with Crippen LogP contribution in [-0.2, 0) is 13.5 Å². The van der Waals surface area contributed by atoms with Crippen molar-refractivity contribution in [3.8, 4) is 0 Å². The number of anilines is 3. The van der Waals surface area contributed by atoms with E-state index in [1.807, 2.05) is 6.92 Å². The number of nitrogens with zero attached hydrogens (tertiary/aromatic N) is 2. The molecule has 0 fully saturated rings. The van der Waals surface area contributed by atoms with E-state index in [1.54, 1.807) is 7.05 Å². The highest BCUT2D eigenvalue weighted by Crippen LogP contribution is 2.27. The highest BCUT2D eigenvalue weighted by Gasteiger charge is 2.13. The molecule has 3 N–H and O–H groups in total. The Bertz CT molecular complexity index is 578. The van der Waals surface area contributed by atoms with Crippen LogP contribution >= 0.6 is 0 Å². The van der Waals surface area contributed by atoms with Crippen molar-refractivity contribution in [3.05, 3.63) is 35.5 Å². The van der Waals surface area contributed by atoms with Crippen LogP contribution in [-0.4, -0.2) is 9.78 Å². The Morgan fingerprint density at radius 2 is 2.11 bits per heavy atom. The van der Waals surface area contributed by atoms with Gasteiger partial charge in [0.25, 0.3) is 0 Å². The number of nitrogens with two attached hydrogens (primary N) is 1. The fraction of sp³-hybridized carbons (Fsp3) is 0.250. The molecule has 96 valence electrons. The summed E-state index contributed by atoms with van der Waals surface area (Å²) >= 11 is 0. The van der Waals surface area contributed by atoms with Gasteiger partial charge in [-0.1, -0.05) is 6.92 Å². The van der Waals surface area contributed by atoms with Gasteiger partial charge in [-0.3, -0.25) is 4.68 Å². The first kappa shape index (κ1) is 12.3. The second-order valence-corrected chi connectivity index (χ2v) is 3.94. The molecule has 0 amide bonds. The maximum absolute atomic E-state index is 13.5. The zero-order valence-corrected chi connectivity index (χ0v) is 10.2. The summed E-state index contributed by atoms with van der Waals surface area (Å²) in [5.74, 6) is -0.609. The van der Waals surface area contributed by atoms with Crippen molar-refractivity contribution in [1.29, 1.82) is 0 Å². The lowest BCUT2D eigenvalue weighted by Crippen LogP contribution is -2.03. The molecule has 0 spiro atoms. The standard InChI is InChI=1S/C12H14F2N4/c1-3-9-11(15)12(18(2)17-9)16-10-6-7(13)4-5-8(10)14/h4-6,16H,3,15H2,1-2H3. The van der Waals surface area contributed by atoms with Crippen LogP contribution in [0.3, 0.4) is 0 Å². The third-order valence-corrected chi connectivity index (χ3v) is 2.68. The summed E-state index contributed by atoms with van der Waals surface area (Å²) in [7, 11) is 1.69. The molecule has 0 atom stereocenters. The predicted molar refractivity (Wildman–Crippen MR) is 66.6 cm³/mol. The number of hydrogen-bond donors (Lipinski definition) is 2. The molecule has 0 aliphatic heterocycles. The lowest BCUT2D eigenvalue weighted by molar-refractivity contribution is 0.603. The van der Waals surface area contributed by atoms with Crippen LogP contribution < -0.4 is 11.1 Å². The largest absolute Gasteiger partial charge is 0.394 e. The molecule has 1 heterocycles. The Kier molecular flexibility index (Phi) is 3.18. The van der Waals surface area contributed by atoms with E-state index in [2.05, 4.69) is 10.4 Å². The average Bonchev–Trinajstić information content (AvgIpc) is 2.61. The molecule has 4 nitrogen and oxygen atoms in total. The summed E-state index contributed by atoms with van der Waals surface area (Å²) in [6, 6.07) is 3.20. The first-order valence-corrected chi connectivity index (χ1v) is 5.56. The predicted octanol–water partition coefficient (Wildman–Crippen LogP) is 2.59. The number of aromatic nitrogens is 2. The molecule has 2 aromatic rings. The van der Waals surface area contributed by atoms with Crippen LogP contribution in [0, 0.1) is 11.6 Å². The molecule has 6 heteroatoms. The van der Waals surface area contributed by atoms with Gasteiger partial charge in [-0.05, 0) is 18.6 Å². The minimum absolute atomic E-state index is 0.0346. The van der Waals surface area contributed by atoms with Gasteiger partial charge in [0.2, 0.25) is 0 Å². The van der Waals surface area contributed by atoms with Gasteiger partial charge < -0.3 is 11.1 Å². The molecule has 18 heavy (non-hydrogen) atoms. The van der Waals surface area contributed by atoms with Crippen LogP contribution in [0.2, 0.25) is 0 Å². The lowest BCUT2D eigenvalue weighted by atomic mass is 10.2. The molecule has 0 aliphatic rings. The maximum atomic E-state index is 13.5. The van der Waals surface area contributed by atoms with Crippen molar-refractivity contribution in [2.24, 2.45) is 7.05 Å². The summed E-state index contributed by atoms with van der Waals surface area (Å²) in [6.07, 6.45) is 0.674. The lowest BCUT2D eigenvalue weighted by Gasteiger charge is -2.08. The van der Waals surface area contributed by atoms with Gasteiger partial charge >= 0.3 is 0 Å². The fourth-order valence-electron chi connectivity index (χ4n) is 1.73. The molecule has 1 aromatic carbocycles. The van der Waals surface area contributed by atoms with Crippen molar-refractivity contribution in [2.45, 2.75) is 13.3 Å². The van der Waals surface area contributed by atoms with Gasteiger partial charge in [-0.15, -0.1) is 0 Å². The van der Waals surface area contributed by atoms with Crippen LogP contribution in [0.4, 0.5) is 26.0 Å². The van der Waals surface area contributed by atoms with Crippen LogP contribution in [0.15, 0.2) is 18.2 Å². The Morgan fingerprint density at radius 3 is 2.72 bits per heavy atom. The zero-order valence-electron chi connectivity index (χ0n) is 10.2. The number of hydrogen-bond acceptors (Lipinski definition) is 3. The Hall–Kier alpha value is -2.11. The molecule has 2 rings (SSSR count). The zero-order chi connectivity index (χ0) is 13.3. The average molecular weight is 252 g/mol. The maximum Gasteiger partial charge on any atom is 0.152 e. The van der Waals surface area contributed by atoms with E-state index < -0.39 is 11.6 Å². The molecule has 1 aromatic heterocycles.